The minimum Gasteiger partial charge on any atom is -0.293 e. The second-order valence-corrected chi connectivity index (χ2v) is 3.65. The maximum absolute atomic E-state index is 11.7. The van der Waals surface area contributed by atoms with E-state index in [2.05, 4.69) is 19.9 Å². The van der Waals surface area contributed by atoms with E-state index in [4.69, 9.17) is 11.6 Å². The van der Waals surface area contributed by atoms with E-state index in [1.54, 1.807) is 13.8 Å². The first kappa shape index (κ1) is 11.8. The summed E-state index contributed by atoms with van der Waals surface area (Å²) in [5.41, 5.74) is 1.58. The number of fused-ring (bicyclic) bond motifs is 1. The molecule has 0 aromatic carbocycles. The number of rotatable bonds is 3. The van der Waals surface area contributed by atoms with Gasteiger partial charge in [0.15, 0.2) is 5.15 Å². The first-order valence-corrected chi connectivity index (χ1v) is 5.35. The third-order valence-corrected chi connectivity index (χ3v) is 2.53. The summed E-state index contributed by atoms with van der Waals surface area (Å²) in [5.74, 6) is -0.578. The number of carbonyl (C=O) groups is 1. The number of carbonyl (C=O) groups excluding carboxylic acids is 1. The van der Waals surface area contributed by atoms with Gasteiger partial charge in [0, 0.05) is 6.20 Å². The Labute approximate surface area is 102 Å². The quantitative estimate of drug-likeness (QED) is 0.618. The van der Waals surface area contributed by atoms with Crippen molar-refractivity contribution in [3.8, 4) is 0 Å². The number of aromatic nitrogens is 3. The van der Waals surface area contributed by atoms with Gasteiger partial charge in [-0.1, -0.05) is 11.6 Å². The predicted octanol–water partition coefficient (Wildman–Crippen LogP) is 1.80. The molecular formula is C10H10ClN3O3. The molecule has 0 aliphatic heterocycles. The standard InChI is InChI=1S/C10H10ClN3O3/c1-3-16-17-10(15)7-4-14-8(6(7)2)9(11)12-5-13-14/h4-5H,3H2,1-2H3. The van der Waals surface area contributed by atoms with Gasteiger partial charge in [0.05, 0.1) is 12.2 Å². The first-order chi connectivity index (χ1) is 8.15. The van der Waals surface area contributed by atoms with E-state index >= 15 is 0 Å². The molecule has 7 heteroatoms. The minimum atomic E-state index is -0.578. The summed E-state index contributed by atoms with van der Waals surface area (Å²) in [6, 6.07) is 0. The third kappa shape index (κ3) is 2.09. The maximum Gasteiger partial charge on any atom is 0.374 e. The molecule has 2 heterocycles. The lowest BCUT2D eigenvalue weighted by molar-refractivity contribution is -0.236. The van der Waals surface area contributed by atoms with Crippen LogP contribution in [0.2, 0.25) is 5.15 Å². The lowest BCUT2D eigenvalue weighted by Crippen LogP contribution is -2.06. The molecule has 17 heavy (non-hydrogen) atoms. The van der Waals surface area contributed by atoms with E-state index in [1.807, 2.05) is 0 Å². The molecule has 0 bridgehead atoms. The number of hydrogen-bond donors (Lipinski definition) is 0. The Balaban J connectivity index is 2.46. The number of nitrogens with zero attached hydrogens (tertiary/aromatic N) is 3. The van der Waals surface area contributed by atoms with Gasteiger partial charge in [-0.25, -0.2) is 14.3 Å². The van der Waals surface area contributed by atoms with Gasteiger partial charge in [0.25, 0.3) is 0 Å². The summed E-state index contributed by atoms with van der Waals surface area (Å²) in [5, 5.41) is 4.24. The van der Waals surface area contributed by atoms with Crippen LogP contribution in [0.5, 0.6) is 0 Å². The van der Waals surface area contributed by atoms with Crippen LogP contribution in [-0.4, -0.2) is 27.2 Å². The van der Waals surface area contributed by atoms with E-state index in [1.165, 1.54) is 17.0 Å². The van der Waals surface area contributed by atoms with Gasteiger partial charge in [-0.2, -0.15) is 9.99 Å². The molecule has 0 amide bonds. The smallest absolute Gasteiger partial charge is 0.293 e. The summed E-state index contributed by atoms with van der Waals surface area (Å²) in [4.78, 5) is 24.7. The number of aryl methyl sites for hydroxylation is 1. The summed E-state index contributed by atoms with van der Waals surface area (Å²) in [6.45, 7) is 3.75. The molecule has 0 saturated heterocycles. The van der Waals surface area contributed by atoms with Crippen LogP contribution in [0.4, 0.5) is 0 Å². The molecule has 0 atom stereocenters. The number of halogens is 1. The van der Waals surface area contributed by atoms with Crippen LogP contribution in [0.25, 0.3) is 5.52 Å². The third-order valence-electron chi connectivity index (χ3n) is 2.25. The zero-order valence-electron chi connectivity index (χ0n) is 9.31. The molecule has 0 N–H and O–H groups in total. The molecule has 2 aromatic rings. The van der Waals surface area contributed by atoms with E-state index in [0.29, 0.717) is 23.3 Å². The number of hydrogen-bond acceptors (Lipinski definition) is 5. The van der Waals surface area contributed by atoms with E-state index < -0.39 is 5.97 Å². The fourth-order valence-corrected chi connectivity index (χ4v) is 1.75. The zero-order valence-corrected chi connectivity index (χ0v) is 10.1. The van der Waals surface area contributed by atoms with Crippen LogP contribution in [0.3, 0.4) is 0 Å². The minimum absolute atomic E-state index is 0.285. The van der Waals surface area contributed by atoms with E-state index in [9.17, 15) is 4.79 Å². The highest BCUT2D eigenvalue weighted by Crippen LogP contribution is 2.22. The molecule has 0 fully saturated rings. The summed E-state index contributed by atoms with van der Waals surface area (Å²) < 4.78 is 1.48. The van der Waals surface area contributed by atoms with Crippen LogP contribution in [-0.2, 0) is 9.78 Å². The van der Waals surface area contributed by atoms with E-state index in [-0.39, 0.29) is 5.15 Å². The van der Waals surface area contributed by atoms with Crippen molar-refractivity contribution in [3.63, 3.8) is 0 Å². The normalized spacial score (nSPS) is 10.8. The van der Waals surface area contributed by atoms with Gasteiger partial charge in [0.2, 0.25) is 0 Å². The van der Waals surface area contributed by atoms with Gasteiger partial charge in [0.1, 0.15) is 11.8 Å². The molecule has 0 radical (unpaired) electrons. The van der Waals surface area contributed by atoms with Crippen LogP contribution >= 0.6 is 11.6 Å². The van der Waals surface area contributed by atoms with Crippen molar-refractivity contribution in [3.05, 3.63) is 28.8 Å². The van der Waals surface area contributed by atoms with Crippen molar-refractivity contribution in [2.45, 2.75) is 13.8 Å². The van der Waals surface area contributed by atoms with Crippen molar-refractivity contribution in [1.29, 1.82) is 0 Å². The van der Waals surface area contributed by atoms with Crippen LogP contribution in [0.1, 0.15) is 22.8 Å². The molecule has 0 aliphatic rings. The van der Waals surface area contributed by atoms with Gasteiger partial charge in [-0.15, -0.1) is 0 Å². The Morgan fingerprint density at radius 3 is 3.00 bits per heavy atom. The molecule has 0 spiro atoms. The predicted molar refractivity (Wildman–Crippen MR) is 59.8 cm³/mol. The summed E-state index contributed by atoms with van der Waals surface area (Å²) in [6.07, 6.45) is 2.84. The van der Waals surface area contributed by atoms with Gasteiger partial charge < -0.3 is 0 Å². The van der Waals surface area contributed by atoms with E-state index in [0.717, 1.165) is 0 Å². The van der Waals surface area contributed by atoms with Crippen molar-refractivity contribution in [1.82, 2.24) is 14.6 Å². The monoisotopic (exact) mass is 255 g/mol. The highest BCUT2D eigenvalue weighted by molar-refractivity contribution is 6.32. The lowest BCUT2D eigenvalue weighted by Gasteiger charge is -1.99. The molecular weight excluding hydrogens is 246 g/mol. The molecule has 6 nitrogen and oxygen atoms in total. The van der Waals surface area contributed by atoms with Gasteiger partial charge >= 0.3 is 5.97 Å². The second kappa shape index (κ2) is 4.68. The van der Waals surface area contributed by atoms with Gasteiger partial charge in [-0.3, -0.25) is 4.89 Å². The van der Waals surface area contributed by atoms with Crippen LogP contribution < -0.4 is 0 Å². The Kier molecular flexibility index (Phi) is 3.26. The Morgan fingerprint density at radius 1 is 1.59 bits per heavy atom. The van der Waals surface area contributed by atoms with Crippen molar-refractivity contribution >= 4 is 23.1 Å². The largest absolute Gasteiger partial charge is 0.374 e. The average molecular weight is 256 g/mol. The SMILES string of the molecule is CCOOC(=O)c1cn2ncnc(Cl)c2c1C. The molecule has 90 valence electrons. The molecule has 2 rings (SSSR count). The zero-order chi connectivity index (χ0) is 12.4. The second-order valence-electron chi connectivity index (χ2n) is 3.29. The summed E-state index contributed by atoms with van der Waals surface area (Å²) >= 11 is 5.93. The fourth-order valence-electron chi connectivity index (χ4n) is 1.48. The molecule has 0 saturated carbocycles. The highest BCUT2D eigenvalue weighted by atomic mass is 35.5. The summed E-state index contributed by atoms with van der Waals surface area (Å²) in [7, 11) is 0. The first-order valence-electron chi connectivity index (χ1n) is 4.97. The van der Waals surface area contributed by atoms with Crippen LogP contribution in [0, 0.1) is 6.92 Å². The molecule has 0 aliphatic carbocycles. The van der Waals surface area contributed by atoms with Crippen molar-refractivity contribution in [2.75, 3.05) is 6.61 Å². The van der Waals surface area contributed by atoms with Crippen molar-refractivity contribution < 1.29 is 14.6 Å². The average Bonchev–Trinajstić information content (AvgIpc) is 2.65. The van der Waals surface area contributed by atoms with Crippen LogP contribution in [0.15, 0.2) is 12.5 Å². The fraction of sp³-hybridized carbons (Fsp3) is 0.300. The Morgan fingerprint density at radius 2 is 2.35 bits per heavy atom. The Bertz CT molecular complexity index is 567. The topological polar surface area (TPSA) is 65.7 Å². The van der Waals surface area contributed by atoms with Gasteiger partial charge in [-0.05, 0) is 19.4 Å². The Hall–Kier alpha value is -1.66. The lowest BCUT2D eigenvalue weighted by atomic mass is 10.2. The maximum atomic E-state index is 11.7. The molecule has 0 unspecified atom stereocenters. The van der Waals surface area contributed by atoms with Crippen molar-refractivity contribution in [2.24, 2.45) is 0 Å². The highest BCUT2D eigenvalue weighted by Gasteiger charge is 2.18. The molecule has 2 aromatic heterocycles.